The van der Waals surface area contributed by atoms with Crippen LogP contribution in [0.4, 0.5) is 0 Å². The molecule has 17 N–H and O–H groups in total. The average molecular weight is 2190 g/mol. The van der Waals surface area contributed by atoms with Crippen LogP contribution in [0.5, 0.6) is 0 Å². The Morgan fingerprint density at radius 2 is 0.873 bits per heavy atom. The molecule has 5 heterocycles. The maximum atomic E-state index is 13.8. The van der Waals surface area contributed by atoms with Gasteiger partial charge in [-0.2, -0.15) is 0 Å². The molecule has 42 heteroatoms. The number of nitrogens with one attached hydrogen (secondary N) is 7. The number of rotatable bonds is 88. The Bertz CT molecular complexity index is 3890. The molecule has 866 valence electrons. The molecule has 6 unspecified atom stereocenters. The van der Waals surface area contributed by atoms with Gasteiger partial charge in [-0.05, 0) is 218 Å². The van der Waals surface area contributed by atoms with E-state index in [1.165, 1.54) is 139 Å². The highest BCUT2D eigenvalue weighted by Gasteiger charge is 2.49. The number of carbonyl (C=O) groups is 9. The number of nitrogens with zero attached hydrogens (tertiary/aromatic N) is 3. The number of phosphoric ester groups is 1. The monoisotopic (exact) mass is 2190 g/mol. The molecular weight excluding hydrogens is 2000 g/mol. The number of aliphatic hydroxyl groups excluding tert-OH is 7. The highest BCUT2D eigenvalue weighted by Crippen LogP contribution is 2.48. The van der Waals surface area contributed by atoms with Crippen molar-refractivity contribution in [3.8, 4) is 0 Å². The largest absolute Gasteiger partial charge is 0.472 e. The quantitative estimate of drug-likeness (QED) is 0.0153. The summed E-state index contributed by atoms with van der Waals surface area (Å²) < 4.78 is 66.1. The van der Waals surface area contributed by atoms with Gasteiger partial charge in [0.15, 0.2) is 18.4 Å². The van der Waals surface area contributed by atoms with E-state index >= 15 is 0 Å². The number of β-amino-alcohol motifs (C(OH)–C–C–N with tert-alkyl or cyclic N) is 1. The lowest BCUT2D eigenvalue weighted by Crippen LogP contribution is -2.64. The first-order valence-corrected chi connectivity index (χ1v) is 60.9. The van der Waals surface area contributed by atoms with Gasteiger partial charge in [-0.15, -0.1) is 0 Å². The smallest absolute Gasteiger partial charge is 0.394 e. The molecule has 0 saturated carbocycles. The van der Waals surface area contributed by atoms with Crippen molar-refractivity contribution in [3.05, 3.63) is 48.6 Å². The Labute approximate surface area is 898 Å². The molecular formula is C108H194N10O29P2S. The van der Waals surface area contributed by atoms with Gasteiger partial charge in [0.05, 0.1) is 63.4 Å². The minimum Gasteiger partial charge on any atom is -0.394 e. The number of aliphatic hydroxyl groups is 7. The second-order valence-electron chi connectivity index (χ2n) is 41.2. The van der Waals surface area contributed by atoms with Crippen LogP contribution in [0, 0.1) is 0 Å². The molecule has 5 aliphatic heterocycles. The first-order valence-electron chi connectivity index (χ1n) is 56.8. The second kappa shape index (κ2) is 81.0. The molecule has 0 aliphatic carbocycles. The van der Waals surface area contributed by atoms with Gasteiger partial charge in [0.1, 0.15) is 54.7 Å². The van der Waals surface area contributed by atoms with Crippen molar-refractivity contribution in [3.63, 3.8) is 0 Å². The molecule has 5 rings (SSSR count). The Morgan fingerprint density at radius 3 is 1.34 bits per heavy atom. The summed E-state index contributed by atoms with van der Waals surface area (Å²) >= 11 is 4.69. The third-order valence-electron chi connectivity index (χ3n) is 28.0. The topological polar surface area (TPSA) is 550 Å². The number of hydrogen-bond donors (Lipinski definition) is 17. The molecule has 5 fully saturated rings. The zero-order valence-corrected chi connectivity index (χ0v) is 93.6. The highest BCUT2D eigenvalue weighted by molar-refractivity contribution is 8.06. The van der Waals surface area contributed by atoms with Gasteiger partial charge in [0.2, 0.25) is 53.2 Å². The predicted molar refractivity (Wildman–Crippen MR) is 577 cm³/mol. The normalized spacial score (nSPS) is 23.1. The van der Waals surface area contributed by atoms with E-state index < -0.39 is 155 Å². The standard InChI is InChI=1S/C108H194N10O29P2S/c1-6-8-10-12-14-16-18-20-22-24-26-28-30-32-34-47-64-108(65-48-35-33-31-29-27-25-23-21-19-17-15-13-11-9-7-2)141-82-88(146-108)63-71-116(5)70-53-39-41-58-94(125)110-67-50-38-43-62-98(129)118-77-89(75-86(118)81-143-149(137,138)150)147-148(135,136)142-80-85-74-87(123)76-117(85)97(128)61-42-37-49-66-109-93(124)57-40-36-51-69-112-105(134)90(115-96(127)60-46-55-73-140-107-100(114-84(4)122)104(133)102(131)92(79-120)145-107)56-44-52-68-111-95(126)59-45-54-72-139-106-99(113-83(3)121)103(132)101(130)91(78-119)144-106/h14-17,20-23,85-92,99-104,106-107,119-120,123,130-133H,6-13,18-19,24-82H2,1-5H3,(H,109,124)(H,110,125)(H,111,126)(H,112,134)(H,113,121)(H,114,122)(H,115,127)(H,135,136)(H2,137,138,150)/b16-14-,17-15-,22-20-,23-21-/t85-,86-,87+,88?,89+,90-,91?,92?,99-,100-,101-,102-,103+,104+,106?,107?/m0/s1. The van der Waals surface area contributed by atoms with Gasteiger partial charge in [0.25, 0.3) is 0 Å². The van der Waals surface area contributed by atoms with E-state index in [-0.39, 0.29) is 133 Å². The van der Waals surface area contributed by atoms with Crippen LogP contribution in [-0.4, -0.2) is 327 Å². The number of likely N-dealkylation sites (tertiary alicyclic amines) is 2. The number of allylic oxidation sites excluding steroid dienone is 8. The summed E-state index contributed by atoms with van der Waals surface area (Å²) in [7, 11) is -2.70. The van der Waals surface area contributed by atoms with Crippen molar-refractivity contribution in [2.45, 2.75) is 478 Å². The van der Waals surface area contributed by atoms with E-state index in [1.807, 2.05) is 0 Å². The first kappa shape index (κ1) is 135. The van der Waals surface area contributed by atoms with Crippen molar-refractivity contribution in [1.29, 1.82) is 0 Å². The minimum atomic E-state index is -4.86. The van der Waals surface area contributed by atoms with Gasteiger partial charge < -0.3 is 135 Å². The SMILES string of the molecule is CCCCC/C=C\C/C=C\CCCCCCCCC1(CCCCCCCC/C=C\C/C=C\CCCCC)OCC(CCN(C)CCCCCC(=O)NCCCCCC(=O)N2C[C@H](OP(=O)(O)OC[C@@H]3C[C@@H](O)CN3C(=O)CCCCCNC(=O)CCCCCNC(=O)[C@H](CCCCNC(=O)CCCCOC3OC(CO)[C@H](O)[C@H](O)[C@@H]3NC(C)=O)NC(=O)CCCCOC3OC(CO)[C@H](O)[C@H](O)[C@@H]3NC(C)=O)C[C@H]2COP(O)(O)=S)O1. The fourth-order valence-electron chi connectivity index (χ4n) is 19.3. The molecule has 0 radical (unpaired) electrons. The number of amides is 9. The summed E-state index contributed by atoms with van der Waals surface area (Å²) in [6.07, 6.45) is 49.2. The van der Waals surface area contributed by atoms with Gasteiger partial charge in [0, 0.05) is 124 Å². The minimum absolute atomic E-state index is 0.00766. The van der Waals surface area contributed by atoms with Crippen LogP contribution in [0.25, 0.3) is 0 Å². The first-order chi connectivity index (χ1) is 72.2. The number of carbonyl (C=O) groups excluding carboxylic acids is 9. The molecule has 0 spiro atoms. The van der Waals surface area contributed by atoms with Gasteiger partial charge in [-0.1, -0.05) is 165 Å². The third kappa shape index (κ3) is 60.7. The van der Waals surface area contributed by atoms with Crippen LogP contribution in [0.15, 0.2) is 48.6 Å². The second-order valence-corrected chi connectivity index (χ2v) is 45.3. The predicted octanol–water partition coefficient (Wildman–Crippen LogP) is 11.7. The van der Waals surface area contributed by atoms with Crippen LogP contribution in [0.1, 0.15) is 374 Å². The molecule has 0 bridgehead atoms. The van der Waals surface area contributed by atoms with Crippen molar-refractivity contribution >= 4 is 79.5 Å². The van der Waals surface area contributed by atoms with E-state index in [4.69, 9.17) is 53.8 Å². The molecule has 0 aromatic rings. The van der Waals surface area contributed by atoms with Crippen molar-refractivity contribution in [1.82, 2.24) is 51.9 Å². The van der Waals surface area contributed by atoms with Crippen molar-refractivity contribution in [2.75, 3.05) is 106 Å². The number of phosphoric acid groups is 1. The third-order valence-corrected chi connectivity index (χ3v) is 29.8. The zero-order valence-electron chi connectivity index (χ0n) is 91.0. The van der Waals surface area contributed by atoms with E-state index in [1.54, 1.807) is 0 Å². The van der Waals surface area contributed by atoms with Crippen molar-refractivity contribution in [2.24, 2.45) is 0 Å². The zero-order chi connectivity index (χ0) is 109. The molecule has 150 heavy (non-hydrogen) atoms. The summed E-state index contributed by atoms with van der Waals surface area (Å²) in [6, 6.07) is -4.74. The highest BCUT2D eigenvalue weighted by atomic mass is 32.5. The van der Waals surface area contributed by atoms with Crippen LogP contribution in [0.3, 0.4) is 0 Å². The molecule has 9 amide bonds. The molecule has 0 aromatic carbocycles. The fourth-order valence-corrected chi connectivity index (χ4v) is 20.8. The summed E-state index contributed by atoms with van der Waals surface area (Å²) in [4.78, 5) is 153. The van der Waals surface area contributed by atoms with E-state index in [0.29, 0.717) is 122 Å². The molecule has 39 nitrogen and oxygen atoms in total. The number of hydrogen-bond acceptors (Lipinski definition) is 28. The van der Waals surface area contributed by atoms with Gasteiger partial charge in [-0.3, -0.25) is 52.2 Å². The molecule has 5 aliphatic rings. The van der Waals surface area contributed by atoms with E-state index in [9.17, 15) is 98.1 Å². The van der Waals surface area contributed by atoms with E-state index in [0.717, 1.165) is 90.1 Å². The summed E-state index contributed by atoms with van der Waals surface area (Å²) in [5.74, 6) is -3.43. The molecule has 5 saturated heterocycles. The summed E-state index contributed by atoms with van der Waals surface area (Å²) in [6.45, 7) is 4.45. The molecule has 17 atom stereocenters. The maximum absolute atomic E-state index is 13.8. The van der Waals surface area contributed by atoms with E-state index in [2.05, 4.69) is 112 Å². The summed E-state index contributed by atoms with van der Waals surface area (Å²) in [5.41, 5.74) is 0. The van der Waals surface area contributed by atoms with Crippen LogP contribution < -0.4 is 37.2 Å². The maximum Gasteiger partial charge on any atom is 0.472 e. The number of ether oxygens (including phenoxy) is 6. The lowest BCUT2D eigenvalue weighted by molar-refractivity contribution is -0.270. The summed E-state index contributed by atoms with van der Waals surface area (Å²) in [5, 5.41) is 91.2. The average Bonchev–Trinajstić information content (AvgIpc) is 1.59. The van der Waals surface area contributed by atoms with Gasteiger partial charge in [-0.25, -0.2) is 4.57 Å². The van der Waals surface area contributed by atoms with Crippen LogP contribution in [0.2, 0.25) is 0 Å². The van der Waals surface area contributed by atoms with Crippen LogP contribution >= 0.6 is 14.5 Å². The Hall–Kier alpha value is -5.73. The lowest BCUT2D eigenvalue weighted by Gasteiger charge is -2.42. The van der Waals surface area contributed by atoms with Crippen LogP contribution in [-0.2, 0) is 102 Å². The van der Waals surface area contributed by atoms with Crippen molar-refractivity contribution < 1.29 is 140 Å². The Kier molecular flexibility index (Phi) is 72.7. The lowest BCUT2D eigenvalue weighted by atomic mass is 9.97. The number of unbranched alkanes of at least 4 members (excludes halogenated alkanes) is 29. The Morgan fingerprint density at radius 1 is 0.467 bits per heavy atom. The Balaban J connectivity index is 0.936. The molecule has 0 aromatic heterocycles. The fraction of sp³-hybridized carbons (Fsp3) is 0.843. The van der Waals surface area contributed by atoms with Gasteiger partial charge >= 0.3 is 14.5 Å².